The maximum atomic E-state index is 13.0. The van der Waals surface area contributed by atoms with Crippen LogP contribution < -0.4 is 0 Å². The predicted octanol–water partition coefficient (Wildman–Crippen LogP) is 4.21. The first-order chi connectivity index (χ1) is 7.80. The van der Waals surface area contributed by atoms with E-state index in [-0.39, 0.29) is 17.3 Å². The molecule has 1 aromatic carbocycles. The topological polar surface area (TPSA) is 20.2 Å². The van der Waals surface area contributed by atoms with Crippen molar-refractivity contribution in [2.45, 2.75) is 46.1 Å². The molecule has 0 aliphatic heterocycles. The number of rotatable bonds is 4. The zero-order valence-corrected chi connectivity index (χ0v) is 11.4. The van der Waals surface area contributed by atoms with Crippen LogP contribution >= 0.6 is 11.6 Å². The summed E-state index contributed by atoms with van der Waals surface area (Å²) in [6, 6.07) is 4.40. The van der Waals surface area contributed by atoms with Crippen LogP contribution in [0.4, 0.5) is 4.39 Å². The monoisotopic (exact) mass is 258 g/mol. The normalized spacial score (nSPS) is 13.8. The Bertz CT molecular complexity index is 371. The van der Waals surface area contributed by atoms with Gasteiger partial charge in [-0.3, -0.25) is 0 Å². The van der Waals surface area contributed by atoms with Gasteiger partial charge in [-0.2, -0.15) is 0 Å². The molecule has 0 heterocycles. The molecule has 0 saturated heterocycles. The second-order valence-corrected chi connectivity index (χ2v) is 5.92. The van der Waals surface area contributed by atoms with Gasteiger partial charge >= 0.3 is 0 Å². The zero-order valence-electron chi connectivity index (χ0n) is 10.6. The highest BCUT2D eigenvalue weighted by atomic mass is 35.5. The number of hydrogen-bond donors (Lipinski definition) is 1. The highest BCUT2D eigenvalue weighted by Gasteiger charge is 2.21. The van der Waals surface area contributed by atoms with E-state index in [0.29, 0.717) is 17.9 Å². The lowest BCUT2D eigenvalue weighted by Crippen LogP contribution is -2.25. The number of aliphatic hydroxyl groups excluding tert-OH is 1. The Morgan fingerprint density at radius 2 is 2.00 bits per heavy atom. The number of halogens is 2. The summed E-state index contributed by atoms with van der Waals surface area (Å²) in [5.74, 6) is -0.263. The second-order valence-electron chi connectivity index (χ2n) is 5.51. The first kappa shape index (κ1) is 14.5. The molecule has 0 spiro atoms. The van der Waals surface area contributed by atoms with Crippen molar-refractivity contribution in [3.05, 3.63) is 34.6 Å². The summed E-state index contributed by atoms with van der Waals surface area (Å²) in [5.41, 5.74) is 0.707. The first-order valence-electron chi connectivity index (χ1n) is 5.92. The molecule has 1 aromatic rings. The van der Waals surface area contributed by atoms with Crippen molar-refractivity contribution in [1.29, 1.82) is 0 Å². The lowest BCUT2D eigenvalue weighted by atomic mass is 9.86. The van der Waals surface area contributed by atoms with Gasteiger partial charge < -0.3 is 5.11 Å². The van der Waals surface area contributed by atoms with Crippen molar-refractivity contribution in [2.24, 2.45) is 5.41 Å². The van der Waals surface area contributed by atoms with Crippen molar-refractivity contribution in [3.63, 3.8) is 0 Å². The molecule has 0 saturated carbocycles. The highest BCUT2D eigenvalue weighted by molar-refractivity contribution is 6.31. The third kappa shape index (κ3) is 4.64. The summed E-state index contributed by atoms with van der Waals surface area (Å²) in [4.78, 5) is 0. The Balaban J connectivity index is 2.49. The van der Waals surface area contributed by atoms with Crippen molar-refractivity contribution < 1.29 is 9.50 Å². The summed E-state index contributed by atoms with van der Waals surface area (Å²) in [6.45, 7) is 6.02. The minimum atomic E-state index is -0.338. The summed E-state index contributed by atoms with van der Waals surface area (Å²) in [7, 11) is 0. The van der Waals surface area contributed by atoms with Crippen LogP contribution in [0.5, 0.6) is 0 Å². The van der Waals surface area contributed by atoms with Gasteiger partial charge in [0, 0.05) is 5.02 Å². The van der Waals surface area contributed by atoms with Crippen LogP contribution in [0.1, 0.15) is 39.2 Å². The van der Waals surface area contributed by atoms with E-state index >= 15 is 0 Å². The van der Waals surface area contributed by atoms with Crippen LogP contribution in [0.15, 0.2) is 18.2 Å². The minimum Gasteiger partial charge on any atom is -0.393 e. The third-order valence-corrected chi connectivity index (χ3v) is 3.30. The van der Waals surface area contributed by atoms with E-state index in [1.807, 2.05) is 20.8 Å². The molecule has 1 N–H and O–H groups in total. The molecule has 0 bridgehead atoms. The van der Waals surface area contributed by atoms with Crippen LogP contribution in [0.2, 0.25) is 5.02 Å². The number of benzene rings is 1. The maximum absolute atomic E-state index is 13.0. The molecular formula is C14H20ClFO. The molecule has 1 nitrogen and oxygen atoms in total. The van der Waals surface area contributed by atoms with Crippen molar-refractivity contribution in [2.75, 3.05) is 0 Å². The molecule has 1 atom stereocenters. The molecule has 1 rings (SSSR count). The third-order valence-electron chi connectivity index (χ3n) is 2.93. The van der Waals surface area contributed by atoms with E-state index in [0.717, 1.165) is 12.0 Å². The summed E-state index contributed by atoms with van der Waals surface area (Å²) < 4.78 is 13.0. The van der Waals surface area contributed by atoms with Gasteiger partial charge in [-0.05, 0) is 48.4 Å². The van der Waals surface area contributed by atoms with Crippen LogP contribution in [-0.4, -0.2) is 11.2 Å². The fourth-order valence-electron chi connectivity index (χ4n) is 1.65. The molecular weight excluding hydrogens is 239 g/mol. The van der Waals surface area contributed by atoms with Gasteiger partial charge in [0.05, 0.1) is 6.10 Å². The van der Waals surface area contributed by atoms with Crippen LogP contribution in [0, 0.1) is 11.2 Å². The average Bonchev–Trinajstić information content (AvgIpc) is 2.21. The Morgan fingerprint density at radius 1 is 1.35 bits per heavy atom. The largest absolute Gasteiger partial charge is 0.393 e. The standard InChI is InChI=1S/C14H20ClFO/c1-14(2,3)13(17)6-4-5-10-9-11(16)7-8-12(10)15/h7-9,13,17H,4-6H2,1-3H3. The quantitative estimate of drug-likeness (QED) is 0.858. The first-order valence-corrected chi connectivity index (χ1v) is 6.30. The highest BCUT2D eigenvalue weighted by Crippen LogP contribution is 2.24. The van der Waals surface area contributed by atoms with E-state index < -0.39 is 0 Å². The van der Waals surface area contributed by atoms with Gasteiger partial charge in [0.15, 0.2) is 0 Å². The lowest BCUT2D eigenvalue weighted by Gasteiger charge is -2.25. The Labute approximate surface area is 108 Å². The fraction of sp³-hybridized carbons (Fsp3) is 0.571. The molecule has 0 aliphatic rings. The van der Waals surface area contributed by atoms with Gasteiger partial charge in [-0.15, -0.1) is 0 Å². The molecule has 0 amide bonds. The number of aliphatic hydroxyl groups is 1. The van der Waals surface area contributed by atoms with Gasteiger partial charge in [0.2, 0.25) is 0 Å². The van der Waals surface area contributed by atoms with Crippen LogP contribution in [-0.2, 0) is 6.42 Å². The Hall–Kier alpha value is -0.600. The van der Waals surface area contributed by atoms with E-state index in [1.165, 1.54) is 12.1 Å². The molecule has 96 valence electrons. The second kappa shape index (κ2) is 5.83. The van der Waals surface area contributed by atoms with Crippen molar-refractivity contribution in [1.82, 2.24) is 0 Å². The van der Waals surface area contributed by atoms with Gasteiger partial charge in [-0.25, -0.2) is 4.39 Å². The fourth-order valence-corrected chi connectivity index (χ4v) is 1.87. The number of aryl methyl sites for hydroxylation is 1. The van der Waals surface area contributed by atoms with Crippen LogP contribution in [0.3, 0.4) is 0 Å². The molecule has 0 fully saturated rings. The molecule has 0 aliphatic carbocycles. The number of hydrogen-bond acceptors (Lipinski definition) is 1. The molecule has 1 unspecified atom stereocenters. The maximum Gasteiger partial charge on any atom is 0.123 e. The molecule has 17 heavy (non-hydrogen) atoms. The van der Waals surface area contributed by atoms with E-state index in [2.05, 4.69) is 0 Å². The minimum absolute atomic E-state index is 0.105. The summed E-state index contributed by atoms with van der Waals surface area (Å²) >= 11 is 5.97. The predicted molar refractivity (Wildman–Crippen MR) is 69.8 cm³/mol. The lowest BCUT2D eigenvalue weighted by molar-refractivity contribution is 0.0540. The molecule has 3 heteroatoms. The summed E-state index contributed by atoms with van der Waals surface area (Å²) in [5, 5.41) is 10.5. The Morgan fingerprint density at radius 3 is 2.59 bits per heavy atom. The van der Waals surface area contributed by atoms with Crippen molar-refractivity contribution in [3.8, 4) is 0 Å². The van der Waals surface area contributed by atoms with E-state index in [1.54, 1.807) is 6.07 Å². The summed E-state index contributed by atoms with van der Waals surface area (Å²) in [6.07, 6.45) is 1.87. The SMILES string of the molecule is CC(C)(C)C(O)CCCc1cc(F)ccc1Cl. The zero-order chi connectivity index (χ0) is 13.1. The molecule has 0 radical (unpaired) electrons. The van der Waals surface area contributed by atoms with Gasteiger partial charge in [-0.1, -0.05) is 32.4 Å². The van der Waals surface area contributed by atoms with Crippen LogP contribution in [0.25, 0.3) is 0 Å². The smallest absolute Gasteiger partial charge is 0.123 e. The average molecular weight is 259 g/mol. The Kier molecular flexibility index (Phi) is 4.96. The van der Waals surface area contributed by atoms with Crippen molar-refractivity contribution >= 4 is 11.6 Å². The van der Waals surface area contributed by atoms with Gasteiger partial charge in [0.1, 0.15) is 5.82 Å². The van der Waals surface area contributed by atoms with E-state index in [9.17, 15) is 9.50 Å². The van der Waals surface area contributed by atoms with E-state index in [4.69, 9.17) is 11.6 Å². The van der Waals surface area contributed by atoms with Gasteiger partial charge in [0.25, 0.3) is 0 Å². The molecule has 0 aromatic heterocycles.